The van der Waals surface area contributed by atoms with Crippen molar-refractivity contribution >= 4 is 34.4 Å². The monoisotopic (exact) mass is 308 g/mol. The van der Waals surface area contributed by atoms with Crippen molar-refractivity contribution < 1.29 is 19.8 Å². The second-order valence-electron chi connectivity index (χ2n) is 4.54. The number of aromatic nitrogens is 1. The van der Waals surface area contributed by atoms with Gasteiger partial charge in [-0.3, -0.25) is 4.79 Å². The average molecular weight is 309 g/mol. The van der Waals surface area contributed by atoms with Gasteiger partial charge in [-0.1, -0.05) is 29.8 Å². The fraction of sp³-hybridized carbons (Fsp3) is 0.214. The molecule has 2 aromatic rings. The number of pyridine rings is 1. The van der Waals surface area contributed by atoms with Crippen LogP contribution in [0, 0.1) is 0 Å². The molecule has 1 aromatic carbocycles. The number of carbonyl (C=O) groups excluding carboxylic acids is 1. The van der Waals surface area contributed by atoms with Crippen molar-refractivity contribution in [3.8, 4) is 0 Å². The second-order valence-corrected chi connectivity index (χ2v) is 4.94. The van der Waals surface area contributed by atoms with E-state index in [0.29, 0.717) is 15.9 Å². The van der Waals surface area contributed by atoms with Crippen molar-refractivity contribution in [2.75, 3.05) is 0 Å². The third kappa shape index (κ3) is 3.29. The van der Waals surface area contributed by atoms with Gasteiger partial charge in [0, 0.05) is 5.39 Å². The largest absolute Gasteiger partial charge is 0.480 e. The lowest BCUT2D eigenvalue weighted by molar-refractivity contribution is -0.141. The van der Waals surface area contributed by atoms with Crippen molar-refractivity contribution in [1.82, 2.24) is 10.3 Å². The number of fused-ring (bicyclic) bond motifs is 1. The minimum absolute atomic E-state index is 0.00870. The maximum atomic E-state index is 12.1. The van der Waals surface area contributed by atoms with Crippen molar-refractivity contribution in [3.63, 3.8) is 0 Å². The number of carbonyl (C=O) groups is 2. The number of nitrogens with one attached hydrogen (secondary N) is 1. The van der Waals surface area contributed by atoms with Crippen LogP contribution in [-0.2, 0) is 4.79 Å². The number of aliphatic hydroxyl groups is 1. The number of carboxylic acids is 1. The Morgan fingerprint density at radius 2 is 2.00 bits per heavy atom. The summed E-state index contributed by atoms with van der Waals surface area (Å²) in [6, 6.07) is 6.96. The zero-order valence-electron chi connectivity index (χ0n) is 11.1. The van der Waals surface area contributed by atoms with Crippen LogP contribution >= 0.6 is 11.6 Å². The lowest BCUT2D eigenvalue weighted by Crippen LogP contribution is -2.47. The molecule has 3 N–H and O–H groups in total. The molecule has 0 aliphatic carbocycles. The molecule has 0 saturated heterocycles. The SMILES string of the molecule is C[C@@H](O)[C@H](NC(=O)c1cc(Cl)c2ccccc2n1)C(=O)O. The van der Waals surface area contributed by atoms with Crippen molar-refractivity contribution in [3.05, 3.63) is 41.0 Å². The predicted octanol–water partition coefficient (Wildman–Crippen LogP) is 1.45. The minimum Gasteiger partial charge on any atom is -0.480 e. The van der Waals surface area contributed by atoms with Crippen LogP contribution < -0.4 is 5.32 Å². The second kappa shape index (κ2) is 6.07. The maximum Gasteiger partial charge on any atom is 0.328 e. The van der Waals surface area contributed by atoms with Crippen LogP contribution in [0.1, 0.15) is 17.4 Å². The molecule has 1 aromatic heterocycles. The predicted molar refractivity (Wildman–Crippen MR) is 77.3 cm³/mol. The molecule has 2 atom stereocenters. The summed E-state index contributed by atoms with van der Waals surface area (Å²) in [5, 5.41) is 21.6. The number of para-hydroxylation sites is 1. The van der Waals surface area contributed by atoms with Crippen molar-refractivity contribution in [2.24, 2.45) is 0 Å². The number of hydrogen-bond donors (Lipinski definition) is 3. The lowest BCUT2D eigenvalue weighted by Gasteiger charge is -2.16. The van der Waals surface area contributed by atoms with Gasteiger partial charge in [0.25, 0.3) is 5.91 Å². The van der Waals surface area contributed by atoms with Crippen LogP contribution in [0.3, 0.4) is 0 Å². The molecule has 0 spiro atoms. The molecule has 110 valence electrons. The molecule has 0 radical (unpaired) electrons. The van der Waals surface area contributed by atoms with E-state index in [0.717, 1.165) is 0 Å². The van der Waals surface area contributed by atoms with Crippen molar-refractivity contribution in [1.29, 1.82) is 0 Å². The summed E-state index contributed by atoms with van der Waals surface area (Å²) in [4.78, 5) is 27.2. The van der Waals surface area contributed by atoms with E-state index >= 15 is 0 Å². The molecular weight excluding hydrogens is 296 g/mol. The Morgan fingerprint density at radius 3 is 2.62 bits per heavy atom. The van der Waals surface area contributed by atoms with E-state index in [1.165, 1.54) is 13.0 Å². The highest BCUT2D eigenvalue weighted by Gasteiger charge is 2.26. The van der Waals surface area contributed by atoms with Gasteiger partial charge in [0.05, 0.1) is 16.6 Å². The van der Waals surface area contributed by atoms with Crippen LogP contribution in [0.4, 0.5) is 0 Å². The molecule has 0 unspecified atom stereocenters. The molecule has 1 amide bonds. The first-order valence-electron chi connectivity index (χ1n) is 6.17. The van der Waals surface area contributed by atoms with Crippen LogP contribution in [-0.4, -0.2) is 39.2 Å². The van der Waals surface area contributed by atoms with Gasteiger partial charge >= 0.3 is 5.97 Å². The van der Waals surface area contributed by atoms with E-state index < -0.39 is 24.0 Å². The molecule has 0 fully saturated rings. The quantitative estimate of drug-likeness (QED) is 0.794. The maximum absolute atomic E-state index is 12.1. The summed E-state index contributed by atoms with van der Waals surface area (Å²) >= 11 is 6.08. The van der Waals surface area contributed by atoms with E-state index in [4.69, 9.17) is 16.7 Å². The summed E-state index contributed by atoms with van der Waals surface area (Å²) in [5.74, 6) is -2.04. The smallest absolute Gasteiger partial charge is 0.328 e. The molecule has 7 heteroatoms. The lowest BCUT2D eigenvalue weighted by atomic mass is 10.1. The summed E-state index contributed by atoms with van der Waals surface area (Å²) < 4.78 is 0. The van der Waals surface area contributed by atoms with Gasteiger partial charge in [-0.05, 0) is 19.1 Å². The Kier molecular flexibility index (Phi) is 4.40. The molecule has 21 heavy (non-hydrogen) atoms. The van der Waals surface area contributed by atoms with E-state index in [9.17, 15) is 14.7 Å². The standard InChI is InChI=1S/C14H13ClN2O4/c1-7(18)12(14(20)21)17-13(19)11-6-9(15)8-4-2-3-5-10(8)16-11/h2-7,12,18H,1H3,(H,17,19)(H,20,21)/t7-,12+/m1/s1. The van der Waals surface area contributed by atoms with Crippen LogP contribution in [0.25, 0.3) is 10.9 Å². The number of nitrogens with zero attached hydrogens (tertiary/aromatic N) is 1. The number of aliphatic carboxylic acids is 1. The number of rotatable bonds is 4. The van der Waals surface area contributed by atoms with Gasteiger partial charge < -0.3 is 15.5 Å². The third-order valence-electron chi connectivity index (χ3n) is 2.93. The number of aliphatic hydroxyl groups excluding tert-OH is 1. The highest BCUT2D eigenvalue weighted by Crippen LogP contribution is 2.22. The van der Waals surface area contributed by atoms with Gasteiger partial charge in [-0.2, -0.15) is 0 Å². The van der Waals surface area contributed by atoms with Crippen molar-refractivity contribution in [2.45, 2.75) is 19.1 Å². The van der Waals surface area contributed by atoms with Crippen LogP contribution in [0.15, 0.2) is 30.3 Å². The van der Waals surface area contributed by atoms with E-state index in [1.54, 1.807) is 24.3 Å². The van der Waals surface area contributed by atoms with Gasteiger partial charge in [0.1, 0.15) is 5.69 Å². The zero-order valence-corrected chi connectivity index (χ0v) is 11.8. The highest BCUT2D eigenvalue weighted by molar-refractivity contribution is 6.35. The molecule has 0 saturated carbocycles. The fourth-order valence-electron chi connectivity index (χ4n) is 1.85. The zero-order chi connectivity index (χ0) is 15.6. The first-order chi connectivity index (χ1) is 9.90. The average Bonchev–Trinajstić information content (AvgIpc) is 2.43. The van der Waals surface area contributed by atoms with Crippen LogP contribution in [0.5, 0.6) is 0 Å². The topological polar surface area (TPSA) is 99.5 Å². The first-order valence-corrected chi connectivity index (χ1v) is 6.55. The van der Waals surface area contributed by atoms with Crippen LogP contribution in [0.2, 0.25) is 5.02 Å². The van der Waals surface area contributed by atoms with E-state index in [2.05, 4.69) is 10.3 Å². The molecule has 0 bridgehead atoms. The summed E-state index contributed by atoms with van der Waals surface area (Å²) in [6.07, 6.45) is -1.23. The Labute approximate surface area is 125 Å². The number of hydrogen-bond acceptors (Lipinski definition) is 4. The Hall–Kier alpha value is -2.18. The molecule has 0 aliphatic heterocycles. The molecule has 6 nitrogen and oxygen atoms in total. The summed E-state index contributed by atoms with van der Waals surface area (Å²) in [5.41, 5.74) is 0.518. The number of amides is 1. The molecular formula is C14H13ClN2O4. The van der Waals surface area contributed by atoms with Gasteiger partial charge in [-0.25, -0.2) is 9.78 Å². The Morgan fingerprint density at radius 1 is 1.33 bits per heavy atom. The molecule has 2 rings (SSSR count). The first kappa shape index (κ1) is 15.2. The molecule has 1 heterocycles. The minimum atomic E-state index is -1.41. The van der Waals surface area contributed by atoms with Gasteiger partial charge in [0.15, 0.2) is 6.04 Å². The number of halogens is 1. The molecule has 0 aliphatic rings. The van der Waals surface area contributed by atoms with E-state index in [1.807, 2.05) is 0 Å². The Bertz CT molecular complexity index is 702. The van der Waals surface area contributed by atoms with Gasteiger partial charge in [0.2, 0.25) is 0 Å². The Balaban J connectivity index is 2.33. The summed E-state index contributed by atoms with van der Waals surface area (Å²) in [6.45, 7) is 1.28. The normalized spacial score (nSPS) is 13.7. The highest BCUT2D eigenvalue weighted by atomic mass is 35.5. The number of carboxylic acid groups (broad SMARTS) is 1. The van der Waals surface area contributed by atoms with E-state index in [-0.39, 0.29) is 5.69 Å². The summed E-state index contributed by atoms with van der Waals surface area (Å²) in [7, 11) is 0. The van der Waals surface area contributed by atoms with Gasteiger partial charge in [-0.15, -0.1) is 0 Å². The fourth-order valence-corrected chi connectivity index (χ4v) is 2.12. The third-order valence-corrected chi connectivity index (χ3v) is 3.25. The number of benzene rings is 1.